The monoisotopic (exact) mass is 113 g/mol. The molecule has 0 aliphatic heterocycles. The van der Waals surface area contributed by atoms with E-state index in [0.717, 1.165) is 6.42 Å². The van der Waals surface area contributed by atoms with Gasteiger partial charge >= 0.3 is 0 Å². The molecular formula is C7H15N. The van der Waals surface area contributed by atoms with E-state index in [0.29, 0.717) is 0 Å². The first kappa shape index (κ1) is 7.54. The molecule has 0 rings (SSSR count). The van der Waals surface area contributed by atoms with Crippen LogP contribution < -0.4 is 0 Å². The molecule has 0 amide bonds. The second kappa shape index (κ2) is 3.53. The molecule has 0 heterocycles. The van der Waals surface area contributed by atoms with Crippen LogP contribution in [0.4, 0.5) is 0 Å². The van der Waals surface area contributed by atoms with Crippen molar-refractivity contribution in [2.24, 2.45) is 0 Å². The van der Waals surface area contributed by atoms with Crippen molar-refractivity contribution in [3.05, 3.63) is 11.8 Å². The minimum absolute atomic E-state index is 1.13. The molecule has 1 heteroatoms. The first-order valence-electron chi connectivity index (χ1n) is 3.04. The van der Waals surface area contributed by atoms with Crippen LogP contribution in [0.5, 0.6) is 0 Å². The molecule has 0 fully saturated rings. The maximum Gasteiger partial charge on any atom is 0.00813 e. The Morgan fingerprint density at radius 1 is 1.50 bits per heavy atom. The summed E-state index contributed by atoms with van der Waals surface area (Å²) >= 11 is 0. The Morgan fingerprint density at radius 3 is 2.00 bits per heavy atom. The Morgan fingerprint density at radius 2 is 2.00 bits per heavy atom. The van der Waals surface area contributed by atoms with Gasteiger partial charge in [-0.05, 0) is 13.3 Å². The molecule has 48 valence electrons. The molecule has 0 aliphatic carbocycles. The quantitative estimate of drug-likeness (QED) is 0.528. The summed E-state index contributed by atoms with van der Waals surface area (Å²) in [5.41, 5.74) is 1.39. The third-order valence-corrected chi connectivity index (χ3v) is 1.27. The molecular weight excluding hydrogens is 98.1 g/mol. The van der Waals surface area contributed by atoms with Crippen molar-refractivity contribution in [2.75, 3.05) is 14.1 Å². The molecule has 8 heavy (non-hydrogen) atoms. The third kappa shape index (κ3) is 2.01. The summed E-state index contributed by atoms with van der Waals surface area (Å²) in [6.45, 7) is 4.23. The Labute approximate surface area is 52.0 Å². The van der Waals surface area contributed by atoms with Gasteiger partial charge in [-0.3, -0.25) is 0 Å². The summed E-state index contributed by atoms with van der Waals surface area (Å²) in [6.07, 6.45) is 3.27. The van der Waals surface area contributed by atoms with Crippen LogP contribution in [-0.2, 0) is 0 Å². The van der Waals surface area contributed by atoms with Gasteiger partial charge in [-0.15, -0.1) is 0 Å². The van der Waals surface area contributed by atoms with Crippen molar-refractivity contribution in [1.29, 1.82) is 0 Å². The lowest BCUT2D eigenvalue weighted by Crippen LogP contribution is -2.09. The molecule has 0 saturated heterocycles. The van der Waals surface area contributed by atoms with Crippen LogP contribution in [-0.4, -0.2) is 19.0 Å². The Kier molecular flexibility index (Phi) is 3.33. The first-order chi connectivity index (χ1) is 3.72. The highest BCUT2D eigenvalue weighted by atomic mass is 15.1. The second-order valence-corrected chi connectivity index (χ2v) is 2.03. The lowest BCUT2D eigenvalue weighted by atomic mass is 10.3. The number of rotatable bonds is 2. The van der Waals surface area contributed by atoms with Gasteiger partial charge in [0.05, 0.1) is 0 Å². The van der Waals surface area contributed by atoms with Crippen molar-refractivity contribution in [3.63, 3.8) is 0 Å². The van der Waals surface area contributed by atoms with Crippen LogP contribution >= 0.6 is 0 Å². The Balaban J connectivity index is 3.72. The molecule has 0 atom stereocenters. The SMILES string of the molecule is C/C=C(\CC)N(C)C. The lowest BCUT2D eigenvalue weighted by Gasteiger charge is -2.13. The number of hydrogen-bond donors (Lipinski definition) is 0. The number of allylic oxidation sites excluding steroid dienone is 2. The molecule has 0 aliphatic rings. The fourth-order valence-corrected chi connectivity index (χ4v) is 0.779. The van der Waals surface area contributed by atoms with E-state index in [4.69, 9.17) is 0 Å². The highest BCUT2D eigenvalue weighted by Crippen LogP contribution is 2.01. The standard InChI is InChI=1S/C7H15N/c1-5-7(6-2)8(3)4/h5H,6H2,1-4H3/b7-5+. The molecule has 0 saturated carbocycles. The van der Waals surface area contributed by atoms with Crippen molar-refractivity contribution in [2.45, 2.75) is 20.3 Å². The zero-order valence-electron chi connectivity index (χ0n) is 6.23. The summed E-state index contributed by atoms with van der Waals surface area (Å²) < 4.78 is 0. The molecule has 0 aromatic rings. The van der Waals surface area contributed by atoms with Crippen LogP contribution in [0.15, 0.2) is 11.8 Å². The van der Waals surface area contributed by atoms with Crippen molar-refractivity contribution in [3.8, 4) is 0 Å². The first-order valence-corrected chi connectivity index (χ1v) is 3.04. The molecule has 0 aromatic heterocycles. The largest absolute Gasteiger partial charge is 0.381 e. The highest BCUT2D eigenvalue weighted by Gasteiger charge is 1.90. The van der Waals surface area contributed by atoms with Gasteiger partial charge in [0.15, 0.2) is 0 Å². The van der Waals surface area contributed by atoms with Crippen LogP contribution in [0.2, 0.25) is 0 Å². The average Bonchev–Trinajstić information content (AvgIpc) is 1.69. The Hall–Kier alpha value is -0.460. The van der Waals surface area contributed by atoms with E-state index < -0.39 is 0 Å². The molecule has 0 bridgehead atoms. The summed E-state index contributed by atoms with van der Waals surface area (Å²) in [5.74, 6) is 0. The van der Waals surface area contributed by atoms with Gasteiger partial charge in [-0.25, -0.2) is 0 Å². The van der Waals surface area contributed by atoms with Gasteiger partial charge < -0.3 is 4.90 Å². The minimum atomic E-state index is 1.13. The van der Waals surface area contributed by atoms with Crippen molar-refractivity contribution >= 4 is 0 Å². The summed E-state index contributed by atoms with van der Waals surface area (Å²) in [7, 11) is 4.14. The van der Waals surface area contributed by atoms with E-state index >= 15 is 0 Å². The predicted molar refractivity (Wildman–Crippen MR) is 37.7 cm³/mol. The molecule has 0 radical (unpaired) electrons. The van der Waals surface area contributed by atoms with Gasteiger partial charge in [0.25, 0.3) is 0 Å². The van der Waals surface area contributed by atoms with Crippen LogP contribution in [0.3, 0.4) is 0 Å². The molecule has 0 aromatic carbocycles. The van der Waals surface area contributed by atoms with E-state index in [-0.39, 0.29) is 0 Å². The molecule has 1 nitrogen and oxygen atoms in total. The zero-order chi connectivity index (χ0) is 6.57. The average molecular weight is 113 g/mol. The van der Waals surface area contributed by atoms with Crippen LogP contribution in [0, 0.1) is 0 Å². The maximum absolute atomic E-state index is 2.16. The summed E-state index contributed by atoms with van der Waals surface area (Å²) in [4.78, 5) is 2.14. The van der Waals surface area contributed by atoms with Crippen LogP contribution in [0.1, 0.15) is 20.3 Å². The fraction of sp³-hybridized carbons (Fsp3) is 0.714. The van der Waals surface area contributed by atoms with Gasteiger partial charge in [0.1, 0.15) is 0 Å². The molecule has 0 N–H and O–H groups in total. The minimum Gasteiger partial charge on any atom is -0.381 e. The van der Waals surface area contributed by atoms with Gasteiger partial charge in [-0.2, -0.15) is 0 Å². The Bertz CT molecular complexity index is 82.4. The fourth-order valence-electron chi connectivity index (χ4n) is 0.779. The lowest BCUT2D eigenvalue weighted by molar-refractivity contribution is 0.493. The van der Waals surface area contributed by atoms with Crippen molar-refractivity contribution < 1.29 is 0 Å². The van der Waals surface area contributed by atoms with E-state index in [1.807, 2.05) is 0 Å². The normalized spacial score (nSPS) is 11.8. The van der Waals surface area contributed by atoms with E-state index in [2.05, 4.69) is 38.9 Å². The van der Waals surface area contributed by atoms with Gasteiger partial charge in [0, 0.05) is 19.8 Å². The topological polar surface area (TPSA) is 3.24 Å². The molecule has 0 unspecified atom stereocenters. The van der Waals surface area contributed by atoms with Crippen molar-refractivity contribution in [1.82, 2.24) is 4.90 Å². The van der Waals surface area contributed by atoms with Gasteiger partial charge in [0.2, 0.25) is 0 Å². The van der Waals surface area contributed by atoms with Crippen LogP contribution in [0.25, 0.3) is 0 Å². The second-order valence-electron chi connectivity index (χ2n) is 2.03. The zero-order valence-corrected chi connectivity index (χ0v) is 6.23. The number of nitrogens with zero attached hydrogens (tertiary/aromatic N) is 1. The smallest absolute Gasteiger partial charge is 0.00813 e. The predicted octanol–water partition coefficient (Wildman–Crippen LogP) is 1.86. The summed E-state index contributed by atoms with van der Waals surface area (Å²) in [6, 6.07) is 0. The van der Waals surface area contributed by atoms with E-state index in [1.165, 1.54) is 5.70 Å². The summed E-state index contributed by atoms with van der Waals surface area (Å²) in [5, 5.41) is 0. The highest BCUT2D eigenvalue weighted by molar-refractivity contribution is 4.95. The van der Waals surface area contributed by atoms with E-state index in [1.54, 1.807) is 0 Å². The maximum atomic E-state index is 2.16. The van der Waals surface area contributed by atoms with Gasteiger partial charge in [-0.1, -0.05) is 13.0 Å². The third-order valence-electron chi connectivity index (χ3n) is 1.27. The number of hydrogen-bond acceptors (Lipinski definition) is 1. The van der Waals surface area contributed by atoms with E-state index in [9.17, 15) is 0 Å². The molecule has 0 spiro atoms.